The van der Waals surface area contributed by atoms with E-state index in [1.165, 1.54) is 0 Å². The number of rotatable bonds is 4. The fourth-order valence-electron chi connectivity index (χ4n) is 1.80. The predicted octanol–water partition coefficient (Wildman–Crippen LogP) is 2.47. The van der Waals surface area contributed by atoms with E-state index in [-0.39, 0.29) is 6.04 Å². The zero-order valence-electron chi connectivity index (χ0n) is 9.90. The molecule has 0 aliphatic carbocycles. The predicted molar refractivity (Wildman–Crippen MR) is 73.4 cm³/mol. The highest BCUT2D eigenvalue weighted by atomic mass is 35.5. The lowest BCUT2D eigenvalue weighted by atomic mass is 10.0. The van der Waals surface area contributed by atoms with Gasteiger partial charge in [0.25, 0.3) is 0 Å². The first-order valence-corrected chi connectivity index (χ1v) is 6.26. The highest BCUT2D eigenvalue weighted by molar-refractivity contribution is 6.36. The maximum atomic E-state index is 6.14. The van der Waals surface area contributed by atoms with Gasteiger partial charge in [-0.25, -0.2) is 0 Å². The largest absolute Gasteiger partial charge is 0.275 e. The van der Waals surface area contributed by atoms with Crippen molar-refractivity contribution in [1.82, 2.24) is 15.2 Å². The molecule has 4 nitrogen and oxygen atoms in total. The van der Waals surface area contributed by atoms with E-state index in [0.29, 0.717) is 16.5 Å². The van der Waals surface area contributed by atoms with Crippen molar-refractivity contribution in [3.63, 3.8) is 0 Å². The number of nitrogens with two attached hydrogens (primary N) is 1. The van der Waals surface area contributed by atoms with Crippen LogP contribution in [0.1, 0.15) is 17.3 Å². The van der Waals surface area contributed by atoms with Crippen molar-refractivity contribution < 1.29 is 0 Å². The number of hydrogen-bond acceptors (Lipinski definition) is 3. The molecule has 96 valence electrons. The molecule has 0 radical (unpaired) electrons. The Bertz CT molecular complexity index is 518. The zero-order valence-corrected chi connectivity index (χ0v) is 11.4. The van der Waals surface area contributed by atoms with Crippen molar-refractivity contribution >= 4 is 23.2 Å². The van der Waals surface area contributed by atoms with E-state index in [1.807, 2.05) is 37.5 Å². The van der Waals surface area contributed by atoms with Crippen LogP contribution in [0.5, 0.6) is 0 Å². The number of nitrogens with zero attached hydrogens (tertiary/aromatic N) is 2. The van der Waals surface area contributed by atoms with Gasteiger partial charge in [0.2, 0.25) is 0 Å². The van der Waals surface area contributed by atoms with Gasteiger partial charge in [-0.15, -0.1) is 0 Å². The molecule has 0 saturated heterocycles. The van der Waals surface area contributed by atoms with Gasteiger partial charge >= 0.3 is 0 Å². The van der Waals surface area contributed by atoms with Gasteiger partial charge < -0.3 is 0 Å². The van der Waals surface area contributed by atoms with Crippen LogP contribution in [0.2, 0.25) is 10.0 Å². The first kappa shape index (κ1) is 13.4. The minimum Gasteiger partial charge on any atom is -0.275 e. The smallest absolute Gasteiger partial charge is 0.0810 e. The summed E-state index contributed by atoms with van der Waals surface area (Å²) in [5.41, 5.74) is 4.47. The summed E-state index contributed by atoms with van der Waals surface area (Å²) in [7, 11) is 1.86. The summed E-state index contributed by atoms with van der Waals surface area (Å²) in [6.45, 7) is 0. The molecule has 1 aromatic heterocycles. The standard InChI is InChI=1S/C12H14Cl2N4/c1-18-6-5-11(17-18)12(16-15)7-8-9(13)3-2-4-10(8)14/h2-6,12,16H,7,15H2,1H3. The van der Waals surface area contributed by atoms with E-state index in [2.05, 4.69) is 10.5 Å². The van der Waals surface area contributed by atoms with Crippen LogP contribution in [0.25, 0.3) is 0 Å². The van der Waals surface area contributed by atoms with Gasteiger partial charge in [0.15, 0.2) is 0 Å². The molecule has 1 atom stereocenters. The van der Waals surface area contributed by atoms with Crippen molar-refractivity contribution in [3.05, 3.63) is 51.8 Å². The summed E-state index contributed by atoms with van der Waals surface area (Å²) in [4.78, 5) is 0. The third-order valence-corrected chi connectivity index (χ3v) is 3.47. The topological polar surface area (TPSA) is 55.9 Å². The lowest BCUT2D eigenvalue weighted by molar-refractivity contribution is 0.529. The molecular weight excluding hydrogens is 271 g/mol. The number of nitrogens with one attached hydrogen (secondary N) is 1. The number of aromatic nitrogens is 2. The van der Waals surface area contributed by atoms with Crippen molar-refractivity contribution in [3.8, 4) is 0 Å². The first-order valence-electron chi connectivity index (χ1n) is 5.50. The molecule has 3 N–H and O–H groups in total. The van der Waals surface area contributed by atoms with E-state index in [0.717, 1.165) is 11.3 Å². The molecule has 1 aromatic carbocycles. The fraction of sp³-hybridized carbons (Fsp3) is 0.250. The number of hydrogen-bond donors (Lipinski definition) is 2. The third-order valence-electron chi connectivity index (χ3n) is 2.76. The molecular formula is C12H14Cl2N4. The van der Waals surface area contributed by atoms with Gasteiger partial charge in [0.1, 0.15) is 0 Å². The number of benzene rings is 1. The molecule has 1 heterocycles. The van der Waals surface area contributed by atoms with Crippen molar-refractivity contribution in [2.24, 2.45) is 12.9 Å². The molecule has 0 aliphatic heterocycles. The molecule has 0 spiro atoms. The average molecular weight is 285 g/mol. The van der Waals surface area contributed by atoms with Crippen molar-refractivity contribution in [2.45, 2.75) is 12.5 Å². The molecule has 0 aliphatic rings. The maximum absolute atomic E-state index is 6.14. The minimum atomic E-state index is -0.122. The number of aryl methyl sites for hydroxylation is 1. The Morgan fingerprint density at radius 2 is 2.00 bits per heavy atom. The Morgan fingerprint density at radius 3 is 2.50 bits per heavy atom. The molecule has 0 amide bonds. The Hall–Kier alpha value is -1.07. The Balaban J connectivity index is 2.26. The number of hydrazine groups is 1. The monoisotopic (exact) mass is 284 g/mol. The van der Waals surface area contributed by atoms with E-state index >= 15 is 0 Å². The molecule has 0 bridgehead atoms. The van der Waals surface area contributed by atoms with Gasteiger partial charge in [0, 0.05) is 23.3 Å². The summed E-state index contributed by atoms with van der Waals surface area (Å²) in [6.07, 6.45) is 2.46. The summed E-state index contributed by atoms with van der Waals surface area (Å²) in [6, 6.07) is 7.24. The molecule has 2 rings (SSSR count). The van der Waals surface area contributed by atoms with Crippen molar-refractivity contribution in [2.75, 3.05) is 0 Å². The van der Waals surface area contributed by atoms with Crippen LogP contribution in [0.3, 0.4) is 0 Å². The van der Waals surface area contributed by atoms with E-state index in [4.69, 9.17) is 29.0 Å². The quantitative estimate of drug-likeness (QED) is 0.670. The summed E-state index contributed by atoms with van der Waals surface area (Å²) in [5, 5.41) is 5.60. The van der Waals surface area contributed by atoms with Crippen molar-refractivity contribution in [1.29, 1.82) is 0 Å². The highest BCUT2D eigenvalue weighted by Gasteiger charge is 2.16. The normalized spacial score (nSPS) is 12.7. The Labute approximate surface area is 116 Å². The second-order valence-electron chi connectivity index (χ2n) is 4.04. The molecule has 0 saturated carbocycles. The van der Waals surface area contributed by atoms with E-state index in [1.54, 1.807) is 4.68 Å². The SMILES string of the molecule is Cn1ccc(C(Cc2c(Cl)cccc2Cl)NN)n1. The van der Waals surface area contributed by atoms with Crippen LogP contribution in [0.4, 0.5) is 0 Å². The lowest BCUT2D eigenvalue weighted by Gasteiger charge is -2.15. The lowest BCUT2D eigenvalue weighted by Crippen LogP contribution is -2.30. The highest BCUT2D eigenvalue weighted by Crippen LogP contribution is 2.28. The first-order chi connectivity index (χ1) is 8.61. The molecule has 2 aromatic rings. The number of halogens is 2. The van der Waals surface area contributed by atoms with Gasteiger partial charge in [-0.1, -0.05) is 29.3 Å². The second kappa shape index (κ2) is 5.71. The van der Waals surface area contributed by atoms with Crippen LogP contribution < -0.4 is 11.3 Å². The average Bonchev–Trinajstić information content (AvgIpc) is 2.76. The molecule has 18 heavy (non-hydrogen) atoms. The Kier molecular flexibility index (Phi) is 4.24. The maximum Gasteiger partial charge on any atom is 0.0810 e. The van der Waals surface area contributed by atoms with Gasteiger partial charge in [0.05, 0.1) is 11.7 Å². The summed E-state index contributed by atoms with van der Waals surface area (Å²) >= 11 is 12.3. The van der Waals surface area contributed by atoms with Gasteiger partial charge in [-0.3, -0.25) is 16.0 Å². The van der Waals surface area contributed by atoms with Crippen LogP contribution in [0.15, 0.2) is 30.5 Å². The summed E-state index contributed by atoms with van der Waals surface area (Å²) < 4.78 is 1.73. The molecule has 0 fully saturated rings. The fourth-order valence-corrected chi connectivity index (χ4v) is 2.35. The zero-order chi connectivity index (χ0) is 13.1. The summed E-state index contributed by atoms with van der Waals surface area (Å²) in [5.74, 6) is 5.58. The Morgan fingerprint density at radius 1 is 1.33 bits per heavy atom. The van der Waals surface area contributed by atoms with E-state index < -0.39 is 0 Å². The van der Waals surface area contributed by atoms with Gasteiger partial charge in [-0.2, -0.15) is 5.10 Å². The van der Waals surface area contributed by atoms with Crippen LogP contribution >= 0.6 is 23.2 Å². The third kappa shape index (κ3) is 2.84. The van der Waals surface area contributed by atoms with Crippen LogP contribution in [0, 0.1) is 0 Å². The second-order valence-corrected chi connectivity index (χ2v) is 4.85. The van der Waals surface area contributed by atoms with Crippen LogP contribution in [-0.4, -0.2) is 9.78 Å². The van der Waals surface area contributed by atoms with Crippen LogP contribution in [-0.2, 0) is 13.5 Å². The minimum absolute atomic E-state index is 0.122. The molecule has 6 heteroatoms. The molecule has 1 unspecified atom stereocenters. The van der Waals surface area contributed by atoms with Gasteiger partial charge in [-0.05, 0) is 30.2 Å². The van der Waals surface area contributed by atoms with E-state index in [9.17, 15) is 0 Å².